The Morgan fingerprint density at radius 1 is 1.08 bits per heavy atom. The number of benzene rings is 2. The van der Waals surface area contributed by atoms with Crippen LogP contribution in [0.2, 0.25) is 0 Å². The fourth-order valence-electron chi connectivity index (χ4n) is 4.70. The number of allylic oxidation sites excluding steroid dienone is 1. The molecule has 5 rings (SSSR count). The molecule has 38 heavy (non-hydrogen) atoms. The number of rotatable bonds is 6. The van der Waals surface area contributed by atoms with Gasteiger partial charge in [-0.25, -0.2) is 15.0 Å². The first-order chi connectivity index (χ1) is 18.6. The summed E-state index contributed by atoms with van der Waals surface area (Å²) in [5.74, 6) is 2.19. The van der Waals surface area contributed by atoms with Crippen molar-refractivity contribution >= 4 is 30.3 Å². The smallest absolute Gasteiger partial charge is 0.231 e. The number of nitrogens with one attached hydrogen (secondary N) is 2. The molecular weight excluding hydrogens is 476 g/mol. The van der Waals surface area contributed by atoms with E-state index in [4.69, 9.17) is 5.73 Å². The monoisotopic (exact) mass is 510 g/mol. The molecule has 0 radical (unpaired) electrons. The number of hydrogen-bond acceptors (Lipinski definition) is 8. The van der Waals surface area contributed by atoms with Crippen LogP contribution in [0, 0.1) is 0 Å². The molecule has 0 atom stereocenters. The summed E-state index contributed by atoms with van der Waals surface area (Å²) in [7, 11) is 0. The van der Waals surface area contributed by atoms with Crippen LogP contribution in [0.4, 0.5) is 17.6 Å². The lowest BCUT2D eigenvalue weighted by atomic mass is 10.0. The number of aromatic nitrogens is 3. The Labute approximate surface area is 223 Å². The Kier molecular flexibility index (Phi) is 7.89. The Morgan fingerprint density at radius 2 is 1.89 bits per heavy atom. The lowest BCUT2D eigenvalue weighted by molar-refractivity contribution is 0.379. The van der Waals surface area contributed by atoms with Crippen molar-refractivity contribution in [1.29, 1.82) is 0 Å². The highest BCUT2D eigenvalue weighted by Crippen LogP contribution is 2.22. The Bertz CT molecular complexity index is 1330. The van der Waals surface area contributed by atoms with E-state index in [1.807, 2.05) is 25.1 Å². The van der Waals surface area contributed by atoms with Gasteiger partial charge in [0.2, 0.25) is 17.9 Å². The van der Waals surface area contributed by atoms with Crippen molar-refractivity contribution in [2.75, 3.05) is 42.9 Å². The zero-order valence-corrected chi connectivity index (χ0v) is 21.8. The van der Waals surface area contributed by atoms with Crippen molar-refractivity contribution in [2.24, 2.45) is 15.7 Å². The second kappa shape index (κ2) is 11.8. The molecule has 196 valence electrons. The van der Waals surface area contributed by atoms with Crippen LogP contribution < -0.4 is 21.3 Å². The van der Waals surface area contributed by atoms with Crippen molar-refractivity contribution in [3.05, 3.63) is 82.9 Å². The Balaban J connectivity index is 1.21. The average molecular weight is 511 g/mol. The minimum Gasteiger partial charge on any atom is -0.384 e. The molecule has 0 saturated carbocycles. The molecule has 0 unspecified atom stereocenters. The predicted molar refractivity (Wildman–Crippen MR) is 153 cm³/mol. The van der Waals surface area contributed by atoms with Gasteiger partial charge in [-0.1, -0.05) is 36.4 Å². The van der Waals surface area contributed by atoms with Gasteiger partial charge in [0.05, 0.1) is 0 Å². The van der Waals surface area contributed by atoms with E-state index >= 15 is 0 Å². The molecular formula is C28H34N10. The summed E-state index contributed by atoms with van der Waals surface area (Å²) < 4.78 is 0. The van der Waals surface area contributed by atoms with Gasteiger partial charge in [-0.05, 0) is 67.4 Å². The second-order valence-corrected chi connectivity index (χ2v) is 9.52. The zero-order chi connectivity index (χ0) is 26.3. The summed E-state index contributed by atoms with van der Waals surface area (Å²) >= 11 is 0. The van der Waals surface area contributed by atoms with Crippen molar-refractivity contribution < 1.29 is 0 Å². The normalized spacial score (nSPS) is 16.5. The fourth-order valence-corrected chi connectivity index (χ4v) is 4.70. The van der Waals surface area contributed by atoms with Crippen LogP contribution in [0.1, 0.15) is 23.6 Å². The van der Waals surface area contributed by atoms with Crippen molar-refractivity contribution in [3.63, 3.8) is 0 Å². The SMILES string of the molecule is C=N/C(=N\C(N)=C(/C)Cc1ccccc1)N1CCN(c2ncnc(Nc3ccc4c(c3)CNCC4)n2)CC1. The fraction of sp³-hybridized carbons (Fsp3) is 0.321. The van der Waals surface area contributed by atoms with Crippen LogP contribution in [0.3, 0.4) is 0 Å². The summed E-state index contributed by atoms with van der Waals surface area (Å²) in [6.45, 7) is 10.5. The van der Waals surface area contributed by atoms with E-state index in [-0.39, 0.29) is 0 Å². The second-order valence-electron chi connectivity index (χ2n) is 9.52. The molecule has 10 nitrogen and oxygen atoms in total. The van der Waals surface area contributed by atoms with Crippen LogP contribution in [-0.4, -0.2) is 65.3 Å². The first-order valence-corrected chi connectivity index (χ1v) is 12.9. The number of piperazine rings is 1. The van der Waals surface area contributed by atoms with Gasteiger partial charge >= 0.3 is 0 Å². The molecule has 2 aromatic carbocycles. The number of aliphatic imine (C=N–C) groups is 2. The average Bonchev–Trinajstić information content (AvgIpc) is 2.96. The first-order valence-electron chi connectivity index (χ1n) is 12.9. The van der Waals surface area contributed by atoms with Gasteiger partial charge in [-0.3, -0.25) is 0 Å². The van der Waals surface area contributed by atoms with E-state index in [0.717, 1.165) is 50.3 Å². The van der Waals surface area contributed by atoms with Gasteiger partial charge in [0.25, 0.3) is 0 Å². The maximum atomic E-state index is 6.31. The molecule has 3 heterocycles. The maximum absolute atomic E-state index is 6.31. The van der Waals surface area contributed by atoms with Crippen LogP contribution in [-0.2, 0) is 19.4 Å². The molecule has 2 aliphatic rings. The summed E-state index contributed by atoms with van der Waals surface area (Å²) in [5, 5.41) is 6.75. The summed E-state index contributed by atoms with van der Waals surface area (Å²) in [5.41, 5.74) is 12.2. The summed E-state index contributed by atoms with van der Waals surface area (Å²) in [6, 6.07) is 16.6. The number of anilines is 3. The number of hydrogen-bond donors (Lipinski definition) is 3. The largest absolute Gasteiger partial charge is 0.384 e. The van der Waals surface area contributed by atoms with Gasteiger partial charge in [0.15, 0.2) is 0 Å². The van der Waals surface area contributed by atoms with Crippen LogP contribution in [0.15, 0.2) is 76.2 Å². The molecule has 1 fully saturated rings. The molecule has 0 amide bonds. The minimum absolute atomic E-state index is 0.477. The molecule has 0 spiro atoms. The van der Waals surface area contributed by atoms with Gasteiger partial charge in [-0.15, -0.1) is 0 Å². The molecule has 3 aromatic rings. The van der Waals surface area contributed by atoms with E-state index in [2.05, 4.69) is 82.4 Å². The van der Waals surface area contributed by atoms with E-state index in [1.165, 1.54) is 16.7 Å². The molecule has 0 aliphatic carbocycles. The highest BCUT2D eigenvalue weighted by atomic mass is 15.4. The molecule has 4 N–H and O–H groups in total. The number of guanidine groups is 1. The molecule has 0 bridgehead atoms. The first kappa shape index (κ1) is 25.3. The van der Waals surface area contributed by atoms with E-state index < -0.39 is 0 Å². The summed E-state index contributed by atoms with van der Waals surface area (Å²) in [4.78, 5) is 26.4. The van der Waals surface area contributed by atoms with Gasteiger partial charge in [0, 0.05) is 38.4 Å². The van der Waals surface area contributed by atoms with E-state index in [9.17, 15) is 0 Å². The standard InChI is InChI=1S/C28H34N10/c1-20(16-21-6-4-3-5-7-21)25(29)35-27(30-2)37-12-14-38(15-13-37)28-33-19-32-26(36-28)34-24-9-8-22-10-11-31-18-23(22)17-24/h3-9,17,19,31H,2,10-16,18,29H2,1H3,(H,32,33,34,36)/b25-20+,35-27+. The highest BCUT2D eigenvalue weighted by Gasteiger charge is 2.22. The van der Waals surface area contributed by atoms with Crippen LogP contribution in [0.5, 0.6) is 0 Å². The molecule has 10 heteroatoms. The van der Waals surface area contributed by atoms with Crippen molar-refractivity contribution in [2.45, 2.75) is 26.3 Å². The Hall–Kier alpha value is -4.31. The quantitative estimate of drug-likeness (QED) is 0.342. The molecule has 1 saturated heterocycles. The van der Waals surface area contributed by atoms with Crippen molar-refractivity contribution in [3.8, 4) is 0 Å². The third kappa shape index (κ3) is 6.15. The van der Waals surface area contributed by atoms with Crippen molar-refractivity contribution in [1.82, 2.24) is 25.2 Å². The van der Waals surface area contributed by atoms with E-state index in [0.29, 0.717) is 36.8 Å². The third-order valence-corrected chi connectivity index (χ3v) is 6.86. The maximum Gasteiger partial charge on any atom is 0.231 e. The summed E-state index contributed by atoms with van der Waals surface area (Å²) in [6.07, 6.45) is 3.35. The number of fused-ring (bicyclic) bond motifs is 1. The van der Waals surface area contributed by atoms with Gasteiger partial charge < -0.3 is 26.2 Å². The van der Waals surface area contributed by atoms with Gasteiger partial charge in [0.1, 0.15) is 12.1 Å². The third-order valence-electron chi connectivity index (χ3n) is 6.86. The van der Waals surface area contributed by atoms with Crippen LogP contribution >= 0.6 is 0 Å². The van der Waals surface area contributed by atoms with Gasteiger partial charge in [-0.2, -0.15) is 9.98 Å². The lowest BCUT2D eigenvalue weighted by Crippen LogP contribution is -2.49. The number of nitrogens with two attached hydrogens (primary N) is 1. The zero-order valence-electron chi connectivity index (χ0n) is 21.8. The molecule has 1 aromatic heterocycles. The molecule has 2 aliphatic heterocycles. The van der Waals surface area contributed by atoms with Crippen LogP contribution in [0.25, 0.3) is 0 Å². The topological polar surface area (TPSA) is 120 Å². The highest BCUT2D eigenvalue weighted by molar-refractivity contribution is 5.85. The minimum atomic E-state index is 0.477. The van der Waals surface area contributed by atoms with E-state index in [1.54, 1.807) is 6.33 Å². The lowest BCUT2D eigenvalue weighted by Gasteiger charge is -2.35. The Morgan fingerprint density at radius 3 is 2.68 bits per heavy atom. The predicted octanol–water partition coefficient (Wildman–Crippen LogP) is 2.87. The number of nitrogens with zero attached hydrogens (tertiary/aromatic N) is 7.